The third kappa shape index (κ3) is 6.92. The standard InChI is InChI=1S/C10H22O2.Na.H/c1-4-9(11)7-8-10(12,5-2)6-3;;/h9,11-12H,4-8H2,1-3H3;;. The number of hydrogen-bond acceptors (Lipinski definition) is 2. The zero-order chi connectivity index (χ0) is 9.61. The van der Waals surface area contributed by atoms with Crippen molar-refractivity contribution in [2.45, 2.75) is 64.6 Å². The molecule has 0 aromatic carbocycles. The van der Waals surface area contributed by atoms with Crippen LogP contribution in [0, 0.1) is 0 Å². The summed E-state index contributed by atoms with van der Waals surface area (Å²) in [5.41, 5.74) is -0.545. The first-order chi connectivity index (χ1) is 5.58. The van der Waals surface area contributed by atoms with Gasteiger partial charge in [0.25, 0.3) is 0 Å². The summed E-state index contributed by atoms with van der Waals surface area (Å²) in [6, 6.07) is 0. The van der Waals surface area contributed by atoms with E-state index in [0.717, 1.165) is 25.7 Å². The molecule has 2 nitrogen and oxygen atoms in total. The molecule has 0 saturated heterocycles. The molecular formula is C10H23NaO2. The van der Waals surface area contributed by atoms with Gasteiger partial charge in [-0.05, 0) is 32.1 Å². The van der Waals surface area contributed by atoms with Crippen molar-refractivity contribution in [3.63, 3.8) is 0 Å². The molecule has 0 aliphatic carbocycles. The predicted molar refractivity (Wildman–Crippen MR) is 58.2 cm³/mol. The maximum absolute atomic E-state index is 9.86. The Bertz CT molecular complexity index is 113. The van der Waals surface area contributed by atoms with E-state index < -0.39 is 5.60 Å². The van der Waals surface area contributed by atoms with E-state index in [1.165, 1.54) is 0 Å². The molecule has 0 saturated carbocycles. The average molecular weight is 198 g/mol. The summed E-state index contributed by atoms with van der Waals surface area (Å²) >= 11 is 0. The first-order valence-electron chi connectivity index (χ1n) is 4.98. The van der Waals surface area contributed by atoms with Gasteiger partial charge in [-0.1, -0.05) is 20.8 Å². The minimum absolute atomic E-state index is 0. The van der Waals surface area contributed by atoms with Crippen LogP contribution in [-0.4, -0.2) is 51.5 Å². The second-order valence-corrected chi connectivity index (χ2v) is 3.53. The Morgan fingerprint density at radius 2 is 1.62 bits per heavy atom. The van der Waals surface area contributed by atoms with Crippen molar-refractivity contribution in [3.8, 4) is 0 Å². The van der Waals surface area contributed by atoms with E-state index in [0.29, 0.717) is 6.42 Å². The van der Waals surface area contributed by atoms with Crippen LogP contribution in [0.5, 0.6) is 0 Å². The number of aliphatic hydroxyl groups excluding tert-OH is 1. The fraction of sp³-hybridized carbons (Fsp3) is 1.00. The topological polar surface area (TPSA) is 40.5 Å². The van der Waals surface area contributed by atoms with E-state index in [2.05, 4.69) is 0 Å². The number of hydrogen-bond donors (Lipinski definition) is 2. The van der Waals surface area contributed by atoms with E-state index in [4.69, 9.17) is 0 Å². The molecule has 0 spiro atoms. The molecule has 0 aliphatic rings. The molecule has 2 N–H and O–H groups in total. The third-order valence-electron chi connectivity index (χ3n) is 2.73. The SMILES string of the molecule is CCC(O)CCC(O)(CC)CC.[NaH]. The molecular weight excluding hydrogens is 175 g/mol. The molecule has 0 aromatic heterocycles. The Hall–Kier alpha value is 0.920. The van der Waals surface area contributed by atoms with E-state index in [9.17, 15) is 10.2 Å². The van der Waals surface area contributed by atoms with Crippen molar-refractivity contribution >= 4 is 29.6 Å². The van der Waals surface area contributed by atoms with Crippen molar-refractivity contribution in [1.29, 1.82) is 0 Å². The average Bonchev–Trinajstić information content (AvgIpc) is 2.13. The molecule has 0 heterocycles. The molecule has 13 heavy (non-hydrogen) atoms. The van der Waals surface area contributed by atoms with Crippen molar-refractivity contribution in [3.05, 3.63) is 0 Å². The number of rotatable bonds is 6. The molecule has 0 bridgehead atoms. The van der Waals surface area contributed by atoms with Gasteiger partial charge < -0.3 is 10.2 Å². The van der Waals surface area contributed by atoms with Crippen LogP contribution in [0.25, 0.3) is 0 Å². The fourth-order valence-corrected chi connectivity index (χ4v) is 1.24. The van der Waals surface area contributed by atoms with Crippen molar-refractivity contribution in [2.24, 2.45) is 0 Å². The van der Waals surface area contributed by atoms with Crippen LogP contribution in [0.1, 0.15) is 52.9 Å². The summed E-state index contributed by atoms with van der Waals surface area (Å²) < 4.78 is 0. The Labute approximate surface area is 104 Å². The molecule has 0 radical (unpaired) electrons. The third-order valence-corrected chi connectivity index (χ3v) is 2.73. The minimum atomic E-state index is -0.545. The van der Waals surface area contributed by atoms with Gasteiger partial charge in [0.2, 0.25) is 0 Å². The van der Waals surface area contributed by atoms with Crippen molar-refractivity contribution < 1.29 is 10.2 Å². The molecule has 0 rings (SSSR count). The summed E-state index contributed by atoms with van der Waals surface area (Å²) in [7, 11) is 0. The molecule has 0 amide bonds. The second kappa shape index (κ2) is 8.25. The van der Waals surface area contributed by atoms with Gasteiger partial charge in [-0.25, -0.2) is 0 Å². The normalized spacial score (nSPS) is 13.6. The summed E-state index contributed by atoms with van der Waals surface area (Å²) in [4.78, 5) is 0. The van der Waals surface area contributed by atoms with E-state index in [-0.39, 0.29) is 35.7 Å². The van der Waals surface area contributed by atoms with Crippen LogP contribution in [0.3, 0.4) is 0 Å². The first-order valence-corrected chi connectivity index (χ1v) is 4.98. The van der Waals surface area contributed by atoms with Crippen molar-refractivity contribution in [1.82, 2.24) is 0 Å². The van der Waals surface area contributed by atoms with E-state index >= 15 is 0 Å². The summed E-state index contributed by atoms with van der Waals surface area (Å²) in [6.07, 6.45) is 3.53. The molecule has 76 valence electrons. The summed E-state index contributed by atoms with van der Waals surface area (Å²) in [5.74, 6) is 0. The molecule has 1 atom stereocenters. The molecule has 1 unspecified atom stereocenters. The van der Waals surface area contributed by atoms with Gasteiger partial charge in [0.05, 0.1) is 11.7 Å². The van der Waals surface area contributed by atoms with Gasteiger partial charge in [-0.15, -0.1) is 0 Å². The molecule has 0 fully saturated rings. The monoisotopic (exact) mass is 198 g/mol. The zero-order valence-electron chi connectivity index (χ0n) is 8.51. The van der Waals surface area contributed by atoms with Crippen LogP contribution in [0.2, 0.25) is 0 Å². The van der Waals surface area contributed by atoms with E-state index in [1.54, 1.807) is 0 Å². The van der Waals surface area contributed by atoms with Gasteiger partial charge in [0.1, 0.15) is 0 Å². The van der Waals surface area contributed by atoms with Crippen LogP contribution in [0.4, 0.5) is 0 Å². The van der Waals surface area contributed by atoms with Crippen LogP contribution >= 0.6 is 0 Å². The molecule has 0 aliphatic heterocycles. The molecule has 3 heteroatoms. The Morgan fingerprint density at radius 3 is 1.92 bits per heavy atom. The first kappa shape index (κ1) is 16.4. The van der Waals surface area contributed by atoms with Gasteiger partial charge >= 0.3 is 29.6 Å². The quantitative estimate of drug-likeness (QED) is 0.634. The van der Waals surface area contributed by atoms with E-state index in [1.807, 2.05) is 20.8 Å². The zero-order valence-corrected chi connectivity index (χ0v) is 8.51. The predicted octanol–water partition coefficient (Wildman–Crippen LogP) is 1.44. The van der Waals surface area contributed by atoms with Gasteiger partial charge in [-0.3, -0.25) is 0 Å². The maximum atomic E-state index is 9.86. The van der Waals surface area contributed by atoms with Gasteiger partial charge in [-0.2, -0.15) is 0 Å². The van der Waals surface area contributed by atoms with Crippen molar-refractivity contribution in [2.75, 3.05) is 0 Å². The second-order valence-electron chi connectivity index (χ2n) is 3.53. The fourth-order valence-electron chi connectivity index (χ4n) is 1.24. The molecule has 0 aromatic rings. The van der Waals surface area contributed by atoms with Gasteiger partial charge in [0.15, 0.2) is 0 Å². The van der Waals surface area contributed by atoms with Crippen LogP contribution in [0.15, 0.2) is 0 Å². The Kier molecular flexibility index (Phi) is 10.4. The van der Waals surface area contributed by atoms with Crippen LogP contribution < -0.4 is 0 Å². The summed E-state index contributed by atoms with van der Waals surface area (Å²) in [6.45, 7) is 5.94. The Balaban J connectivity index is 0. The van der Waals surface area contributed by atoms with Gasteiger partial charge in [0, 0.05) is 0 Å². The Morgan fingerprint density at radius 1 is 1.15 bits per heavy atom. The number of aliphatic hydroxyl groups is 2. The van der Waals surface area contributed by atoms with Crippen LogP contribution in [-0.2, 0) is 0 Å². The summed E-state index contributed by atoms with van der Waals surface area (Å²) in [5, 5.41) is 19.2.